The van der Waals surface area contributed by atoms with Gasteiger partial charge in [-0.2, -0.15) is 0 Å². The topological polar surface area (TPSA) is 111 Å². The second-order valence-electron chi connectivity index (χ2n) is 23.6. The Bertz CT molecular complexity index is 1710. The van der Waals surface area contributed by atoms with Gasteiger partial charge < -0.3 is 19.4 Å². The molecule has 0 heterocycles. The first-order valence-corrected chi connectivity index (χ1v) is 35.1. The molecule has 0 aliphatic carbocycles. The number of rotatable bonds is 60. The summed E-state index contributed by atoms with van der Waals surface area (Å²) in [6.45, 7) is 6.92. The third kappa shape index (κ3) is 61.3. The third-order valence-corrected chi connectivity index (χ3v) is 15.5. The van der Waals surface area contributed by atoms with Crippen molar-refractivity contribution in [1.29, 1.82) is 0 Å². The molecule has 9 nitrogen and oxygen atoms in total. The highest BCUT2D eigenvalue weighted by Crippen LogP contribution is 2.43. The number of hydrogen-bond acceptors (Lipinski definition) is 6. The van der Waals surface area contributed by atoms with E-state index in [1.165, 1.54) is 173 Å². The molecule has 3 atom stereocenters. The molecule has 468 valence electrons. The summed E-state index contributed by atoms with van der Waals surface area (Å²) in [6.07, 6.45) is 81.4. The predicted octanol–water partition coefficient (Wildman–Crippen LogP) is 21.1. The zero-order valence-corrected chi connectivity index (χ0v) is 54.4. The Labute approximate surface area is 500 Å². The fourth-order valence-electron chi connectivity index (χ4n) is 9.29. The van der Waals surface area contributed by atoms with Gasteiger partial charge in [-0.05, 0) is 109 Å². The third-order valence-electron chi connectivity index (χ3n) is 14.5. The molecule has 3 unspecified atom stereocenters. The van der Waals surface area contributed by atoms with Crippen LogP contribution < -0.4 is 5.32 Å². The summed E-state index contributed by atoms with van der Waals surface area (Å²) >= 11 is 0. The number of ether oxygens (including phenoxy) is 1. The van der Waals surface area contributed by atoms with Crippen LogP contribution in [0.25, 0.3) is 0 Å². The molecule has 0 radical (unpaired) electrons. The van der Waals surface area contributed by atoms with Crippen molar-refractivity contribution in [1.82, 2.24) is 5.32 Å². The fraction of sp³-hybridized carbons (Fsp3) is 0.746. The summed E-state index contributed by atoms with van der Waals surface area (Å²) in [6, 6.07) is -0.881. The molecular weight excluding hydrogens is 1020 g/mol. The lowest BCUT2D eigenvalue weighted by molar-refractivity contribution is -0.870. The molecule has 0 bridgehead atoms. The van der Waals surface area contributed by atoms with E-state index in [1.54, 1.807) is 0 Å². The standard InChI is InChI=1S/C71H127N2O7P/c1-7-10-13-16-19-22-25-27-29-31-32-33-34-35-36-37-38-39-40-42-44-46-49-52-55-58-61-64-71(75)80-69(62-59-56-53-50-47-24-21-18-15-12-9-3)68(67-79-81(76,77)78-66-65-73(4,5)6)72-70(74)63-60-57-54-51-48-45-43-41-30-28-26-23-20-17-14-11-8-2/h19-20,22-23,27-30,32-33,43,45,51,54,59,62,68-69H,7-18,21,24-26,31,34-42,44,46-50,52-53,55-58,60-61,63-67H2,1-6H3,(H-,72,74,76,77)/p+1/b22-19-,23-20-,29-27-,30-28-,33-32-,45-43-,54-51-,62-59-. The van der Waals surface area contributed by atoms with Gasteiger partial charge in [0.2, 0.25) is 5.91 Å². The Morgan fingerprint density at radius 1 is 0.432 bits per heavy atom. The van der Waals surface area contributed by atoms with Gasteiger partial charge in [0, 0.05) is 12.8 Å². The highest BCUT2D eigenvalue weighted by molar-refractivity contribution is 7.47. The van der Waals surface area contributed by atoms with E-state index in [-0.39, 0.29) is 37.9 Å². The molecular formula is C71H128N2O7P+. The van der Waals surface area contributed by atoms with E-state index >= 15 is 0 Å². The first-order chi connectivity index (χ1) is 39.4. The molecule has 0 saturated carbocycles. The number of likely N-dealkylation sites (N-methyl/N-ethyl adjacent to an activating group) is 1. The Morgan fingerprint density at radius 3 is 1.17 bits per heavy atom. The molecule has 0 spiro atoms. The van der Waals surface area contributed by atoms with Gasteiger partial charge in [0.1, 0.15) is 19.3 Å². The quantitative estimate of drug-likeness (QED) is 0.0205. The summed E-state index contributed by atoms with van der Waals surface area (Å²) in [7, 11) is 1.46. The van der Waals surface area contributed by atoms with E-state index in [0.29, 0.717) is 17.4 Å². The maximum atomic E-state index is 13.5. The number of nitrogens with one attached hydrogen (secondary N) is 1. The zero-order valence-electron chi connectivity index (χ0n) is 53.5. The van der Waals surface area contributed by atoms with Crippen molar-refractivity contribution >= 4 is 19.7 Å². The molecule has 0 aromatic carbocycles. The zero-order chi connectivity index (χ0) is 59.3. The van der Waals surface area contributed by atoms with E-state index in [0.717, 1.165) is 77.0 Å². The van der Waals surface area contributed by atoms with Crippen molar-refractivity contribution in [2.45, 2.75) is 303 Å². The normalized spacial score (nSPS) is 14.2. The van der Waals surface area contributed by atoms with Gasteiger partial charge in [-0.15, -0.1) is 0 Å². The second-order valence-corrected chi connectivity index (χ2v) is 25.1. The van der Waals surface area contributed by atoms with Crippen LogP contribution in [0.15, 0.2) is 97.2 Å². The lowest BCUT2D eigenvalue weighted by Crippen LogP contribution is -2.47. The second kappa shape index (κ2) is 60.1. The minimum Gasteiger partial charge on any atom is -0.456 e. The largest absolute Gasteiger partial charge is 0.472 e. The van der Waals surface area contributed by atoms with Crippen LogP contribution >= 0.6 is 7.82 Å². The van der Waals surface area contributed by atoms with Crippen LogP contribution in [-0.2, 0) is 27.9 Å². The number of phosphoric acid groups is 1. The van der Waals surface area contributed by atoms with Gasteiger partial charge in [-0.1, -0.05) is 266 Å². The van der Waals surface area contributed by atoms with E-state index in [1.807, 2.05) is 33.3 Å². The van der Waals surface area contributed by atoms with Gasteiger partial charge in [0.05, 0.1) is 33.8 Å². The Balaban J connectivity index is 5.10. The lowest BCUT2D eigenvalue weighted by Gasteiger charge is -2.27. The molecule has 1 amide bonds. The number of carbonyl (C=O) groups excluding carboxylic acids is 2. The summed E-state index contributed by atoms with van der Waals surface area (Å²) in [4.78, 5) is 37.7. The Hall–Kier alpha value is -3.07. The number of allylic oxidation sites excluding steroid dienone is 15. The lowest BCUT2D eigenvalue weighted by atomic mass is 10.0. The molecule has 0 aromatic heterocycles. The minimum atomic E-state index is -4.47. The van der Waals surface area contributed by atoms with E-state index in [4.69, 9.17) is 13.8 Å². The van der Waals surface area contributed by atoms with Crippen LogP contribution in [0, 0.1) is 0 Å². The average Bonchev–Trinajstić information content (AvgIpc) is 3.44. The molecule has 2 N–H and O–H groups in total. The molecule has 0 aromatic rings. The first-order valence-electron chi connectivity index (χ1n) is 33.6. The van der Waals surface area contributed by atoms with E-state index in [9.17, 15) is 19.0 Å². The molecule has 0 fully saturated rings. The van der Waals surface area contributed by atoms with Crippen LogP contribution in [-0.4, -0.2) is 74.3 Å². The van der Waals surface area contributed by atoms with Crippen LogP contribution in [0.5, 0.6) is 0 Å². The number of amides is 1. The van der Waals surface area contributed by atoms with Gasteiger partial charge in [0.15, 0.2) is 0 Å². The van der Waals surface area contributed by atoms with Gasteiger partial charge in [-0.25, -0.2) is 4.57 Å². The maximum Gasteiger partial charge on any atom is 0.472 e. The summed E-state index contributed by atoms with van der Waals surface area (Å²) < 4.78 is 30.7. The van der Waals surface area contributed by atoms with Crippen molar-refractivity contribution in [3.05, 3.63) is 97.2 Å². The predicted molar refractivity (Wildman–Crippen MR) is 350 cm³/mol. The van der Waals surface area contributed by atoms with Gasteiger partial charge in [0.25, 0.3) is 0 Å². The van der Waals surface area contributed by atoms with Gasteiger partial charge in [-0.3, -0.25) is 18.6 Å². The van der Waals surface area contributed by atoms with Crippen molar-refractivity contribution in [3.8, 4) is 0 Å². The average molecular weight is 1150 g/mol. The molecule has 81 heavy (non-hydrogen) atoms. The molecule has 0 saturated heterocycles. The highest BCUT2D eigenvalue weighted by Gasteiger charge is 2.30. The van der Waals surface area contributed by atoms with Crippen molar-refractivity contribution < 1.29 is 37.3 Å². The maximum absolute atomic E-state index is 13.5. The van der Waals surface area contributed by atoms with E-state index in [2.05, 4.69) is 111 Å². The number of esters is 1. The molecule has 0 aliphatic heterocycles. The fourth-order valence-corrected chi connectivity index (χ4v) is 10.0. The number of unbranched alkanes of at least 4 members (excludes halogenated alkanes) is 30. The summed E-state index contributed by atoms with van der Waals surface area (Å²) in [5, 5.41) is 3.02. The number of carbonyl (C=O) groups is 2. The van der Waals surface area contributed by atoms with Crippen LogP contribution in [0.2, 0.25) is 0 Å². The SMILES string of the molecule is CCCCC/C=C\C/C=C\C/C=C\C/C=C\CCCC(=O)NC(COP(=O)(O)OCC[N+](C)(C)C)C(/C=C\CCCCCCCCCCC)OC(=O)CCCCCCCCCCCCCCCC/C=C\C/C=C\C/C=C\CCCCC. The number of nitrogens with zero attached hydrogens (tertiary/aromatic N) is 1. The molecule has 0 rings (SSSR count). The van der Waals surface area contributed by atoms with Gasteiger partial charge >= 0.3 is 13.8 Å². The van der Waals surface area contributed by atoms with E-state index < -0.39 is 20.0 Å². The van der Waals surface area contributed by atoms with Crippen molar-refractivity contribution in [2.75, 3.05) is 40.9 Å². The summed E-state index contributed by atoms with van der Waals surface area (Å²) in [5.41, 5.74) is 0. The van der Waals surface area contributed by atoms with Crippen molar-refractivity contribution in [2.24, 2.45) is 0 Å². The number of quaternary nitrogens is 1. The smallest absolute Gasteiger partial charge is 0.456 e. The number of phosphoric ester groups is 1. The van der Waals surface area contributed by atoms with Crippen LogP contribution in [0.4, 0.5) is 0 Å². The Kier molecular flexibility index (Phi) is 57.8. The highest BCUT2D eigenvalue weighted by atomic mass is 31.2. The van der Waals surface area contributed by atoms with Crippen molar-refractivity contribution in [3.63, 3.8) is 0 Å². The minimum absolute atomic E-state index is 0.0267. The summed E-state index contributed by atoms with van der Waals surface area (Å²) in [5.74, 6) is -0.571. The van der Waals surface area contributed by atoms with Crippen LogP contribution in [0.3, 0.4) is 0 Å². The first kappa shape index (κ1) is 77.9. The number of hydrogen-bond donors (Lipinski definition) is 2. The van der Waals surface area contributed by atoms with Crippen LogP contribution in [0.1, 0.15) is 290 Å². The molecule has 0 aliphatic rings. The Morgan fingerprint density at radius 2 is 0.765 bits per heavy atom. The monoisotopic (exact) mass is 1150 g/mol. The molecule has 10 heteroatoms.